The van der Waals surface area contributed by atoms with Crippen molar-refractivity contribution in [2.75, 3.05) is 6.54 Å². The molecule has 22 heavy (non-hydrogen) atoms. The van der Waals surface area contributed by atoms with E-state index in [1.165, 1.54) is 10.9 Å². The van der Waals surface area contributed by atoms with E-state index in [2.05, 4.69) is 15.4 Å². The summed E-state index contributed by atoms with van der Waals surface area (Å²) in [4.78, 5) is 26.2. The van der Waals surface area contributed by atoms with E-state index in [1.807, 2.05) is 0 Å². The van der Waals surface area contributed by atoms with Gasteiger partial charge in [-0.05, 0) is 26.8 Å². The number of aromatic nitrogens is 2. The van der Waals surface area contributed by atoms with Crippen LogP contribution in [-0.4, -0.2) is 45.1 Å². The summed E-state index contributed by atoms with van der Waals surface area (Å²) in [6.45, 7) is 8.95. The van der Waals surface area contributed by atoms with Crippen LogP contribution in [0.15, 0.2) is 23.5 Å². The summed E-state index contributed by atoms with van der Waals surface area (Å²) in [5.41, 5.74) is -1.37. The lowest BCUT2D eigenvalue weighted by molar-refractivity contribution is 0.0516. The quantitative estimate of drug-likeness (QED) is 0.658. The van der Waals surface area contributed by atoms with Gasteiger partial charge >= 0.3 is 12.2 Å². The van der Waals surface area contributed by atoms with Crippen molar-refractivity contribution in [2.45, 2.75) is 40.2 Å². The SMILES string of the molecule is CC(C)(C)OC(=O)NCC(C)(C)C(=NC(=O)O)n1cccn1. The van der Waals surface area contributed by atoms with E-state index in [0.29, 0.717) is 0 Å². The van der Waals surface area contributed by atoms with Gasteiger partial charge in [0.15, 0.2) is 0 Å². The van der Waals surface area contributed by atoms with Crippen LogP contribution in [0.2, 0.25) is 0 Å². The lowest BCUT2D eigenvalue weighted by Crippen LogP contribution is -2.43. The first kappa shape index (κ1) is 17.7. The van der Waals surface area contributed by atoms with Gasteiger partial charge in [-0.15, -0.1) is 0 Å². The third-order valence-corrected chi connectivity index (χ3v) is 2.60. The van der Waals surface area contributed by atoms with Gasteiger partial charge in [-0.25, -0.2) is 14.3 Å². The van der Waals surface area contributed by atoms with Crippen molar-refractivity contribution in [2.24, 2.45) is 10.4 Å². The first-order valence-corrected chi connectivity index (χ1v) is 6.80. The number of aliphatic imine (C=N–C) groups is 1. The van der Waals surface area contributed by atoms with Gasteiger partial charge in [0.25, 0.3) is 0 Å². The van der Waals surface area contributed by atoms with Crippen molar-refractivity contribution in [3.05, 3.63) is 18.5 Å². The number of hydrogen-bond donors (Lipinski definition) is 2. The molecular weight excluding hydrogens is 288 g/mol. The molecule has 0 unspecified atom stereocenters. The summed E-state index contributed by atoms with van der Waals surface area (Å²) in [6.07, 6.45) is 1.22. The average molecular weight is 310 g/mol. The number of nitrogens with zero attached hydrogens (tertiary/aromatic N) is 3. The second-order valence-corrected chi connectivity index (χ2v) is 6.41. The molecule has 0 aliphatic rings. The molecule has 2 N–H and O–H groups in total. The summed E-state index contributed by atoms with van der Waals surface area (Å²) < 4.78 is 6.52. The Hall–Kier alpha value is -2.38. The van der Waals surface area contributed by atoms with Crippen LogP contribution in [0.25, 0.3) is 0 Å². The molecule has 122 valence electrons. The Balaban J connectivity index is 2.86. The fourth-order valence-electron chi connectivity index (χ4n) is 1.68. The zero-order valence-electron chi connectivity index (χ0n) is 13.5. The molecule has 0 aliphatic heterocycles. The number of ether oxygens (including phenoxy) is 1. The molecule has 0 aliphatic carbocycles. The van der Waals surface area contributed by atoms with E-state index in [1.54, 1.807) is 46.9 Å². The van der Waals surface area contributed by atoms with Crippen LogP contribution in [0.3, 0.4) is 0 Å². The third kappa shape index (κ3) is 5.55. The standard InChI is InChI=1S/C14H22N4O4/c1-13(2,3)22-12(21)15-9-14(4,5)10(17-11(19)20)18-8-6-7-16-18/h6-8H,9H2,1-5H3,(H,15,21)(H,19,20). The fraction of sp³-hybridized carbons (Fsp3) is 0.571. The van der Waals surface area contributed by atoms with Crippen molar-refractivity contribution in [3.8, 4) is 0 Å². The highest BCUT2D eigenvalue weighted by Crippen LogP contribution is 2.18. The normalized spacial score (nSPS) is 12.9. The minimum atomic E-state index is -1.32. The second-order valence-electron chi connectivity index (χ2n) is 6.41. The van der Waals surface area contributed by atoms with Gasteiger partial charge in [-0.3, -0.25) is 0 Å². The molecule has 2 amide bonds. The van der Waals surface area contributed by atoms with Crippen LogP contribution in [0.1, 0.15) is 34.6 Å². The number of alkyl carbamates (subject to hydrolysis) is 1. The molecule has 1 heterocycles. The maximum absolute atomic E-state index is 11.7. The van der Waals surface area contributed by atoms with E-state index in [9.17, 15) is 9.59 Å². The summed E-state index contributed by atoms with van der Waals surface area (Å²) >= 11 is 0. The molecule has 8 nitrogen and oxygen atoms in total. The van der Waals surface area contributed by atoms with Crippen LogP contribution >= 0.6 is 0 Å². The van der Waals surface area contributed by atoms with Gasteiger partial charge in [0, 0.05) is 24.4 Å². The maximum atomic E-state index is 11.7. The maximum Gasteiger partial charge on any atom is 0.432 e. The van der Waals surface area contributed by atoms with Gasteiger partial charge in [-0.2, -0.15) is 10.1 Å². The van der Waals surface area contributed by atoms with E-state index in [0.717, 1.165) is 0 Å². The molecule has 0 atom stereocenters. The van der Waals surface area contributed by atoms with Crippen molar-refractivity contribution >= 4 is 18.0 Å². The number of carbonyl (C=O) groups excluding carboxylic acids is 1. The molecule has 0 aromatic carbocycles. The smallest absolute Gasteiger partial charge is 0.432 e. The first-order chi connectivity index (χ1) is 10.0. The number of nitrogens with one attached hydrogen (secondary N) is 1. The molecule has 1 aromatic heterocycles. The first-order valence-electron chi connectivity index (χ1n) is 6.80. The van der Waals surface area contributed by atoms with Crippen molar-refractivity contribution in [1.82, 2.24) is 15.1 Å². The van der Waals surface area contributed by atoms with E-state index in [4.69, 9.17) is 9.84 Å². The topological polar surface area (TPSA) is 106 Å². The summed E-state index contributed by atoms with van der Waals surface area (Å²) in [5.74, 6) is 0.209. The lowest BCUT2D eigenvalue weighted by atomic mass is 9.91. The third-order valence-electron chi connectivity index (χ3n) is 2.60. The van der Waals surface area contributed by atoms with Gasteiger partial charge in [-0.1, -0.05) is 13.8 Å². The Labute approximate surface area is 129 Å². The van der Waals surface area contributed by atoms with Gasteiger partial charge in [0.1, 0.15) is 11.4 Å². The fourth-order valence-corrected chi connectivity index (χ4v) is 1.68. The molecule has 0 bridgehead atoms. The summed E-state index contributed by atoms with van der Waals surface area (Å²) in [7, 11) is 0. The molecule has 0 fully saturated rings. The Bertz CT molecular complexity index is 556. The molecule has 0 saturated heterocycles. The number of amides is 2. The van der Waals surface area contributed by atoms with E-state index >= 15 is 0 Å². The van der Waals surface area contributed by atoms with Gasteiger partial charge < -0.3 is 15.2 Å². The van der Waals surface area contributed by atoms with Crippen molar-refractivity contribution in [1.29, 1.82) is 0 Å². The molecular formula is C14H22N4O4. The zero-order chi connectivity index (χ0) is 17.0. The number of carboxylic acid groups (broad SMARTS) is 1. The number of hydrogen-bond acceptors (Lipinski definition) is 4. The number of carbonyl (C=O) groups is 2. The Morgan fingerprint density at radius 1 is 1.32 bits per heavy atom. The predicted octanol–water partition coefficient (Wildman–Crippen LogP) is 2.36. The average Bonchev–Trinajstić information content (AvgIpc) is 2.84. The van der Waals surface area contributed by atoms with Gasteiger partial charge in [0.2, 0.25) is 0 Å². The van der Waals surface area contributed by atoms with E-state index in [-0.39, 0.29) is 12.4 Å². The molecule has 1 aromatic rings. The van der Waals surface area contributed by atoms with Crippen LogP contribution in [0, 0.1) is 5.41 Å². The largest absolute Gasteiger partial charge is 0.463 e. The monoisotopic (exact) mass is 310 g/mol. The van der Waals surface area contributed by atoms with Crippen LogP contribution in [-0.2, 0) is 4.74 Å². The summed E-state index contributed by atoms with van der Waals surface area (Å²) in [6, 6.07) is 1.66. The molecule has 0 spiro atoms. The van der Waals surface area contributed by atoms with Crippen LogP contribution < -0.4 is 5.32 Å². The Kier molecular flexibility index (Phi) is 5.29. The molecule has 8 heteroatoms. The Morgan fingerprint density at radius 2 is 1.95 bits per heavy atom. The van der Waals surface area contributed by atoms with Crippen LogP contribution in [0.4, 0.5) is 9.59 Å². The van der Waals surface area contributed by atoms with E-state index < -0.39 is 23.2 Å². The predicted molar refractivity (Wildman–Crippen MR) is 81.1 cm³/mol. The minimum Gasteiger partial charge on any atom is -0.463 e. The highest BCUT2D eigenvalue weighted by Gasteiger charge is 2.29. The highest BCUT2D eigenvalue weighted by molar-refractivity contribution is 5.96. The molecule has 0 saturated carbocycles. The zero-order valence-corrected chi connectivity index (χ0v) is 13.5. The molecule has 1 rings (SSSR count). The minimum absolute atomic E-state index is 0.147. The van der Waals surface area contributed by atoms with Crippen molar-refractivity contribution in [3.63, 3.8) is 0 Å². The second kappa shape index (κ2) is 6.59. The van der Waals surface area contributed by atoms with Crippen LogP contribution in [0.5, 0.6) is 0 Å². The highest BCUT2D eigenvalue weighted by atomic mass is 16.6. The van der Waals surface area contributed by atoms with Crippen molar-refractivity contribution < 1.29 is 19.4 Å². The molecule has 0 radical (unpaired) electrons. The number of rotatable bonds is 3. The lowest BCUT2D eigenvalue weighted by Gasteiger charge is -2.27. The van der Waals surface area contributed by atoms with Gasteiger partial charge in [0.05, 0.1) is 0 Å². The summed E-state index contributed by atoms with van der Waals surface area (Å²) in [5, 5.41) is 15.6. The Morgan fingerprint density at radius 3 is 2.41 bits per heavy atom.